The van der Waals surface area contributed by atoms with E-state index in [1.807, 2.05) is 13.0 Å². The van der Waals surface area contributed by atoms with E-state index >= 15 is 0 Å². The van der Waals surface area contributed by atoms with Crippen LogP contribution in [0.15, 0.2) is 22.9 Å². The van der Waals surface area contributed by atoms with Gasteiger partial charge in [0.15, 0.2) is 5.82 Å². The summed E-state index contributed by atoms with van der Waals surface area (Å²) in [5.74, 6) is 1.22. The summed E-state index contributed by atoms with van der Waals surface area (Å²) in [6, 6.07) is 1.84. The van der Waals surface area contributed by atoms with E-state index in [-0.39, 0.29) is 6.61 Å². The third-order valence-corrected chi connectivity index (χ3v) is 4.89. The maximum Gasteiger partial charge on any atom is 0.169 e. The lowest BCUT2D eigenvalue weighted by Crippen LogP contribution is -2.02. The Morgan fingerprint density at radius 2 is 2.10 bits per heavy atom. The van der Waals surface area contributed by atoms with Gasteiger partial charge < -0.3 is 4.74 Å². The highest BCUT2D eigenvalue weighted by Gasteiger charge is 2.13. The molecule has 3 heterocycles. The molecule has 0 saturated carbocycles. The van der Waals surface area contributed by atoms with Crippen molar-refractivity contribution in [2.75, 3.05) is 0 Å². The number of halogens is 2. The first-order chi connectivity index (χ1) is 10.0. The average Bonchev–Trinajstić information content (AvgIpc) is 2.72. The molecular weight excluding hydrogens is 374 g/mol. The largest absolute Gasteiger partial charge is 0.484 e. The summed E-state index contributed by atoms with van der Waals surface area (Å²) < 4.78 is 6.50. The van der Waals surface area contributed by atoms with Crippen molar-refractivity contribution in [3.8, 4) is 5.75 Å². The van der Waals surface area contributed by atoms with Gasteiger partial charge in [0.05, 0.1) is 11.6 Å². The highest BCUT2D eigenvalue weighted by atomic mass is 79.9. The van der Waals surface area contributed by atoms with Gasteiger partial charge in [-0.3, -0.25) is 4.98 Å². The number of pyridine rings is 1. The lowest BCUT2D eigenvalue weighted by atomic mass is 10.2. The number of hydrogen-bond acceptors (Lipinski definition) is 5. The van der Waals surface area contributed by atoms with Crippen LogP contribution in [0.5, 0.6) is 5.75 Å². The van der Waals surface area contributed by atoms with Crippen molar-refractivity contribution in [2.45, 2.75) is 20.5 Å². The minimum absolute atomic E-state index is 0.254. The Morgan fingerprint density at radius 1 is 1.29 bits per heavy atom. The van der Waals surface area contributed by atoms with Gasteiger partial charge in [-0.1, -0.05) is 11.6 Å². The molecule has 0 aliphatic heterocycles. The van der Waals surface area contributed by atoms with Crippen molar-refractivity contribution < 1.29 is 4.74 Å². The predicted molar refractivity (Wildman–Crippen MR) is 88.2 cm³/mol. The Morgan fingerprint density at radius 3 is 2.86 bits per heavy atom. The van der Waals surface area contributed by atoms with Gasteiger partial charge in [-0.15, -0.1) is 11.3 Å². The first kappa shape index (κ1) is 14.7. The minimum Gasteiger partial charge on any atom is -0.484 e. The molecule has 7 heteroatoms. The lowest BCUT2D eigenvalue weighted by Gasteiger charge is -2.06. The zero-order valence-electron chi connectivity index (χ0n) is 11.4. The normalized spacial score (nSPS) is 11.0. The van der Waals surface area contributed by atoms with Crippen molar-refractivity contribution in [2.24, 2.45) is 0 Å². The van der Waals surface area contributed by atoms with Gasteiger partial charge in [0.1, 0.15) is 22.3 Å². The number of thiophene rings is 1. The molecule has 3 rings (SSSR count). The predicted octanol–water partition coefficient (Wildman–Crippen LogP) is 4.70. The summed E-state index contributed by atoms with van der Waals surface area (Å²) in [7, 11) is 0. The molecule has 3 aromatic rings. The van der Waals surface area contributed by atoms with E-state index < -0.39 is 0 Å². The van der Waals surface area contributed by atoms with E-state index in [0.29, 0.717) is 16.7 Å². The molecule has 0 spiro atoms. The Hall–Kier alpha value is -1.24. The molecule has 0 atom stereocenters. The average molecular weight is 385 g/mol. The van der Waals surface area contributed by atoms with Gasteiger partial charge in [-0.2, -0.15) is 0 Å². The van der Waals surface area contributed by atoms with Crippen LogP contribution in [-0.4, -0.2) is 15.0 Å². The van der Waals surface area contributed by atoms with Crippen LogP contribution >= 0.6 is 38.9 Å². The highest BCUT2D eigenvalue weighted by Crippen LogP contribution is 2.33. The first-order valence-corrected chi connectivity index (χ1v) is 8.19. The van der Waals surface area contributed by atoms with Crippen molar-refractivity contribution in [1.29, 1.82) is 0 Å². The van der Waals surface area contributed by atoms with Gasteiger partial charge in [0.25, 0.3) is 0 Å². The fourth-order valence-electron chi connectivity index (χ4n) is 1.93. The fourth-order valence-corrected chi connectivity index (χ4v) is 3.70. The maximum atomic E-state index is 6.27. The summed E-state index contributed by atoms with van der Waals surface area (Å²) in [5, 5.41) is 1.42. The summed E-state index contributed by atoms with van der Waals surface area (Å²) in [6.45, 7) is 4.35. The quantitative estimate of drug-likeness (QED) is 0.614. The van der Waals surface area contributed by atoms with Gasteiger partial charge in [-0.05, 0) is 41.4 Å². The van der Waals surface area contributed by atoms with E-state index in [4.69, 9.17) is 16.3 Å². The Kier molecular flexibility index (Phi) is 4.10. The topological polar surface area (TPSA) is 47.9 Å². The van der Waals surface area contributed by atoms with Crippen LogP contribution in [0.25, 0.3) is 10.2 Å². The van der Waals surface area contributed by atoms with Gasteiger partial charge in [0.2, 0.25) is 0 Å². The third kappa shape index (κ3) is 3.02. The van der Waals surface area contributed by atoms with Crippen LogP contribution in [0.4, 0.5) is 0 Å². The molecule has 3 aromatic heterocycles. The molecule has 0 bridgehead atoms. The number of aromatic nitrogens is 3. The molecule has 4 nitrogen and oxygen atoms in total. The highest BCUT2D eigenvalue weighted by molar-refractivity contribution is 9.10. The van der Waals surface area contributed by atoms with E-state index in [2.05, 4.69) is 37.8 Å². The van der Waals surface area contributed by atoms with Crippen LogP contribution in [0.1, 0.15) is 16.3 Å². The van der Waals surface area contributed by atoms with E-state index in [1.165, 1.54) is 4.88 Å². The number of fused-ring (bicyclic) bond motifs is 1. The summed E-state index contributed by atoms with van der Waals surface area (Å²) >= 11 is 11.2. The number of ether oxygens (including phenoxy) is 1. The van der Waals surface area contributed by atoms with Crippen LogP contribution in [0, 0.1) is 13.8 Å². The second-order valence-corrected chi connectivity index (χ2v) is 7.00. The molecule has 108 valence electrons. The van der Waals surface area contributed by atoms with Crippen LogP contribution in [0.2, 0.25) is 5.15 Å². The Bertz CT molecular complexity index is 821. The first-order valence-electron chi connectivity index (χ1n) is 6.20. The second kappa shape index (κ2) is 5.87. The van der Waals surface area contributed by atoms with E-state index in [9.17, 15) is 0 Å². The molecular formula is C14H11BrClN3OS. The van der Waals surface area contributed by atoms with Crippen LogP contribution < -0.4 is 4.74 Å². The van der Waals surface area contributed by atoms with Crippen molar-refractivity contribution in [3.05, 3.63) is 44.4 Å². The third-order valence-electron chi connectivity index (χ3n) is 3.08. The minimum atomic E-state index is 0.254. The molecule has 21 heavy (non-hydrogen) atoms. The second-order valence-electron chi connectivity index (χ2n) is 4.52. The molecule has 0 unspecified atom stereocenters. The molecule has 0 saturated heterocycles. The summed E-state index contributed by atoms with van der Waals surface area (Å²) in [6.07, 6.45) is 3.34. The molecule has 0 aromatic carbocycles. The number of hydrogen-bond donors (Lipinski definition) is 0. The molecule has 0 N–H and O–H groups in total. The standard InChI is InChI=1S/C14H11BrClN3OS/c1-7-8(2)21-14-12(7)13(16)18-11(19-14)6-20-10-3-9(15)4-17-5-10/h3-5H,6H2,1-2H3. The molecule has 0 aliphatic rings. The zero-order valence-corrected chi connectivity index (χ0v) is 14.5. The Labute approximate surface area is 139 Å². The van der Waals surface area contributed by atoms with Crippen molar-refractivity contribution in [1.82, 2.24) is 15.0 Å². The van der Waals surface area contributed by atoms with E-state index in [1.54, 1.807) is 23.7 Å². The number of nitrogens with zero attached hydrogens (tertiary/aromatic N) is 3. The van der Waals surface area contributed by atoms with Crippen LogP contribution in [-0.2, 0) is 6.61 Å². The van der Waals surface area contributed by atoms with Crippen LogP contribution in [0.3, 0.4) is 0 Å². The number of rotatable bonds is 3. The molecule has 0 radical (unpaired) electrons. The molecule has 0 fully saturated rings. The molecule has 0 amide bonds. The smallest absolute Gasteiger partial charge is 0.169 e. The van der Waals surface area contributed by atoms with Gasteiger partial charge >= 0.3 is 0 Å². The lowest BCUT2D eigenvalue weighted by molar-refractivity contribution is 0.295. The zero-order chi connectivity index (χ0) is 15.0. The van der Waals surface area contributed by atoms with Crippen molar-refractivity contribution >= 4 is 49.1 Å². The molecule has 0 aliphatic carbocycles. The van der Waals surface area contributed by atoms with E-state index in [0.717, 1.165) is 20.3 Å². The van der Waals surface area contributed by atoms with Crippen molar-refractivity contribution in [3.63, 3.8) is 0 Å². The maximum absolute atomic E-state index is 6.27. The van der Waals surface area contributed by atoms with Gasteiger partial charge in [0, 0.05) is 15.5 Å². The number of aryl methyl sites for hydroxylation is 2. The monoisotopic (exact) mass is 383 g/mol. The summed E-state index contributed by atoms with van der Waals surface area (Å²) in [5.41, 5.74) is 1.14. The van der Waals surface area contributed by atoms with Gasteiger partial charge in [-0.25, -0.2) is 9.97 Å². The SMILES string of the molecule is Cc1sc2nc(COc3cncc(Br)c3)nc(Cl)c2c1C. The Balaban J connectivity index is 1.88. The fraction of sp³-hybridized carbons (Fsp3) is 0.214. The summed E-state index contributed by atoms with van der Waals surface area (Å²) in [4.78, 5) is 15.0.